The van der Waals surface area contributed by atoms with Gasteiger partial charge >= 0.3 is 0 Å². The van der Waals surface area contributed by atoms with Crippen molar-refractivity contribution in [2.24, 2.45) is 0 Å². The summed E-state index contributed by atoms with van der Waals surface area (Å²) < 4.78 is 30.6. The third-order valence-corrected chi connectivity index (χ3v) is 5.39. The summed E-state index contributed by atoms with van der Waals surface area (Å²) >= 11 is 0. The summed E-state index contributed by atoms with van der Waals surface area (Å²) in [5.41, 5.74) is 0. The molecule has 2 fully saturated rings. The molecule has 0 aliphatic carbocycles. The van der Waals surface area contributed by atoms with Crippen LogP contribution in [0.4, 0.5) is 0 Å². The predicted octanol–water partition coefficient (Wildman–Crippen LogP) is 0.830. The molecule has 1 unspecified atom stereocenters. The first-order chi connectivity index (χ1) is 9.97. The van der Waals surface area contributed by atoms with Crippen molar-refractivity contribution in [3.8, 4) is 0 Å². The molecule has 2 aliphatic rings. The third kappa shape index (κ3) is 5.23. The smallest absolute Gasteiger partial charge is 0.237 e. The summed E-state index contributed by atoms with van der Waals surface area (Å²) in [5, 5.41) is 0. The molecule has 7 heteroatoms. The molecule has 0 aromatic heterocycles. The standard InChI is InChI=1S/C14H26N2O4S/c1-21(18,19)16(11-13-7-6-10-20-13)12-14(17)15-8-4-2-3-5-9-15/h13H,2-12H2,1H3. The van der Waals surface area contributed by atoms with Gasteiger partial charge in [-0.05, 0) is 25.7 Å². The summed E-state index contributed by atoms with van der Waals surface area (Å²) in [6.07, 6.45) is 7.23. The van der Waals surface area contributed by atoms with E-state index in [0.717, 1.165) is 57.9 Å². The van der Waals surface area contributed by atoms with Crippen LogP contribution in [0.2, 0.25) is 0 Å². The fraction of sp³-hybridized carbons (Fsp3) is 0.929. The molecule has 0 bridgehead atoms. The second-order valence-electron chi connectivity index (χ2n) is 5.99. The fourth-order valence-electron chi connectivity index (χ4n) is 2.90. The Bertz CT molecular complexity index is 438. The molecule has 0 spiro atoms. The Kier molecular flexibility index (Phi) is 6.01. The maximum absolute atomic E-state index is 12.4. The van der Waals surface area contributed by atoms with E-state index in [1.54, 1.807) is 4.90 Å². The van der Waals surface area contributed by atoms with E-state index in [1.807, 2.05) is 0 Å². The van der Waals surface area contributed by atoms with Gasteiger partial charge in [-0.1, -0.05) is 12.8 Å². The first-order valence-electron chi connectivity index (χ1n) is 7.81. The molecular weight excluding hydrogens is 292 g/mol. The van der Waals surface area contributed by atoms with Crippen molar-refractivity contribution in [3.63, 3.8) is 0 Å². The highest BCUT2D eigenvalue weighted by molar-refractivity contribution is 7.88. The Morgan fingerprint density at radius 3 is 2.38 bits per heavy atom. The van der Waals surface area contributed by atoms with Crippen LogP contribution < -0.4 is 0 Å². The van der Waals surface area contributed by atoms with Gasteiger partial charge in [-0.25, -0.2) is 8.42 Å². The van der Waals surface area contributed by atoms with Crippen molar-refractivity contribution in [2.45, 2.75) is 44.6 Å². The van der Waals surface area contributed by atoms with Gasteiger partial charge in [-0.3, -0.25) is 4.79 Å². The van der Waals surface area contributed by atoms with E-state index < -0.39 is 10.0 Å². The van der Waals surface area contributed by atoms with Gasteiger partial charge in [-0.2, -0.15) is 4.31 Å². The average Bonchev–Trinajstić information content (AvgIpc) is 2.76. The summed E-state index contributed by atoms with van der Waals surface area (Å²) in [6, 6.07) is 0. The summed E-state index contributed by atoms with van der Waals surface area (Å²) in [6.45, 7) is 2.41. The number of ether oxygens (including phenoxy) is 1. The number of carbonyl (C=O) groups excluding carboxylic acids is 1. The molecule has 2 aliphatic heterocycles. The minimum atomic E-state index is -3.39. The van der Waals surface area contributed by atoms with Crippen LogP contribution in [0, 0.1) is 0 Å². The minimum absolute atomic E-state index is 0.0569. The Morgan fingerprint density at radius 2 is 1.86 bits per heavy atom. The molecule has 0 aromatic carbocycles. The monoisotopic (exact) mass is 318 g/mol. The number of carbonyl (C=O) groups is 1. The molecule has 6 nitrogen and oxygen atoms in total. The van der Waals surface area contributed by atoms with E-state index in [0.29, 0.717) is 13.2 Å². The van der Waals surface area contributed by atoms with Crippen LogP contribution in [0.5, 0.6) is 0 Å². The molecule has 0 saturated carbocycles. The summed E-state index contributed by atoms with van der Waals surface area (Å²) in [4.78, 5) is 14.2. The number of nitrogens with zero attached hydrogens (tertiary/aromatic N) is 2. The number of hydrogen-bond donors (Lipinski definition) is 0. The first-order valence-corrected chi connectivity index (χ1v) is 9.66. The van der Waals surface area contributed by atoms with Gasteiger partial charge in [0.1, 0.15) is 0 Å². The molecule has 1 amide bonds. The second-order valence-corrected chi connectivity index (χ2v) is 7.97. The molecule has 2 saturated heterocycles. The van der Waals surface area contributed by atoms with Gasteiger partial charge < -0.3 is 9.64 Å². The molecule has 0 aromatic rings. The van der Waals surface area contributed by atoms with Crippen molar-refractivity contribution < 1.29 is 17.9 Å². The molecule has 2 heterocycles. The predicted molar refractivity (Wildman–Crippen MR) is 80.4 cm³/mol. The van der Waals surface area contributed by atoms with E-state index in [4.69, 9.17) is 4.74 Å². The normalized spacial score (nSPS) is 24.3. The molecule has 1 atom stereocenters. The van der Waals surface area contributed by atoms with Gasteiger partial charge in [-0.15, -0.1) is 0 Å². The minimum Gasteiger partial charge on any atom is -0.377 e. The van der Waals surface area contributed by atoms with Gasteiger partial charge in [0.15, 0.2) is 0 Å². The van der Waals surface area contributed by atoms with Gasteiger partial charge in [0.2, 0.25) is 15.9 Å². The van der Waals surface area contributed by atoms with E-state index in [-0.39, 0.29) is 18.6 Å². The van der Waals surface area contributed by atoms with Crippen molar-refractivity contribution in [1.82, 2.24) is 9.21 Å². The molecule has 122 valence electrons. The number of likely N-dealkylation sites (tertiary alicyclic amines) is 1. The van der Waals surface area contributed by atoms with Crippen molar-refractivity contribution in [2.75, 3.05) is 39.0 Å². The van der Waals surface area contributed by atoms with Crippen LogP contribution in [0.25, 0.3) is 0 Å². The number of amides is 1. The highest BCUT2D eigenvalue weighted by atomic mass is 32.2. The topological polar surface area (TPSA) is 66.9 Å². The highest BCUT2D eigenvalue weighted by Crippen LogP contribution is 2.16. The zero-order valence-electron chi connectivity index (χ0n) is 12.8. The van der Waals surface area contributed by atoms with Crippen LogP contribution in [-0.2, 0) is 19.6 Å². The van der Waals surface area contributed by atoms with Crippen molar-refractivity contribution >= 4 is 15.9 Å². The Labute approximate surface area is 127 Å². The third-order valence-electron chi connectivity index (χ3n) is 4.17. The van der Waals surface area contributed by atoms with Gasteiger partial charge in [0.25, 0.3) is 0 Å². The lowest BCUT2D eigenvalue weighted by Gasteiger charge is -2.26. The average molecular weight is 318 g/mol. The quantitative estimate of drug-likeness (QED) is 0.753. The molecule has 0 radical (unpaired) electrons. The Balaban J connectivity index is 1.95. The van der Waals surface area contributed by atoms with Crippen molar-refractivity contribution in [3.05, 3.63) is 0 Å². The Hall–Kier alpha value is -0.660. The van der Waals surface area contributed by atoms with Crippen LogP contribution in [0.3, 0.4) is 0 Å². The SMILES string of the molecule is CS(=O)(=O)N(CC(=O)N1CCCCCC1)CC1CCCO1. The highest BCUT2D eigenvalue weighted by Gasteiger charge is 2.28. The van der Waals surface area contributed by atoms with Crippen LogP contribution in [0.15, 0.2) is 0 Å². The summed E-state index contributed by atoms with van der Waals surface area (Å²) in [7, 11) is -3.39. The fourth-order valence-corrected chi connectivity index (χ4v) is 3.69. The largest absolute Gasteiger partial charge is 0.377 e. The zero-order valence-corrected chi connectivity index (χ0v) is 13.6. The maximum atomic E-state index is 12.4. The number of hydrogen-bond acceptors (Lipinski definition) is 4. The summed E-state index contributed by atoms with van der Waals surface area (Å²) in [5.74, 6) is -0.0830. The van der Waals surface area contributed by atoms with E-state index >= 15 is 0 Å². The Morgan fingerprint density at radius 1 is 1.19 bits per heavy atom. The second kappa shape index (κ2) is 7.56. The van der Waals surface area contributed by atoms with E-state index in [2.05, 4.69) is 0 Å². The molecule has 0 N–H and O–H groups in total. The van der Waals surface area contributed by atoms with Gasteiger partial charge in [0.05, 0.1) is 18.9 Å². The van der Waals surface area contributed by atoms with E-state index in [1.165, 1.54) is 4.31 Å². The maximum Gasteiger partial charge on any atom is 0.237 e. The van der Waals surface area contributed by atoms with Crippen LogP contribution in [0.1, 0.15) is 38.5 Å². The first kappa shape index (κ1) is 16.7. The van der Waals surface area contributed by atoms with Crippen LogP contribution >= 0.6 is 0 Å². The lowest BCUT2D eigenvalue weighted by Crippen LogP contribution is -2.45. The lowest BCUT2D eigenvalue weighted by atomic mass is 10.2. The number of rotatable bonds is 5. The van der Waals surface area contributed by atoms with Gasteiger partial charge in [0, 0.05) is 26.2 Å². The van der Waals surface area contributed by atoms with E-state index in [9.17, 15) is 13.2 Å². The zero-order chi connectivity index (χ0) is 15.3. The molecule has 2 rings (SSSR count). The van der Waals surface area contributed by atoms with Crippen molar-refractivity contribution in [1.29, 1.82) is 0 Å². The lowest BCUT2D eigenvalue weighted by molar-refractivity contribution is -0.131. The molecule has 21 heavy (non-hydrogen) atoms. The van der Waals surface area contributed by atoms with Crippen LogP contribution in [-0.4, -0.2) is 68.7 Å². The molecular formula is C14H26N2O4S. The number of sulfonamides is 1.